The zero-order valence-electron chi connectivity index (χ0n) is 15.2. The number of aryl methyl sites for hydroxylation is 3. The second-order valence-electron chi connectivity index (χ2n) is 7.09. The van der Waals surface area contributed by atoms with E-state index in [1.807, 2.05) is 0 Å². The molecule has 0 bridgehead atoms. The number of hydrogen-bond acceptors (Lipinski definition) is 5. The molecule has 0 fully saturated rings. The molecule has 0 unspecified atom stereocenters. The molecular formula is C19H17F3N2O3S2. The standard InChI is InChI=1S/C19H17F3N2O3S2/c20-19(21,22)12-5-1-3-11(9-12)4-2-6-15-23-17(25)16-13-7-8-29(26,27)10-14(13)28-18(16)24-15/h1,3,5,9H,2,4,6-8,10H2,(H,23,24,25). The number of rotatable bonds is 4. The molecule has 0 radical (unpaired) electrons. The molecule has 5 nitrogen and oxygen atoms in total. The van der Waals surface area contributed by atoms with Crippen molar-refractivity contribution in [2.75, 3.05) is 5.75 Å². The van der Waals surface area contributed by atoms with Crippen LogP contribution in [0.15, 0.2) is 29.1 Å². The minimum Gasteiger partial charge on any atom is -0.310 e. The SMILES string of the molecule is O=c1[nH]c(CCCc2cccc(C(F)(F)F)c2)nc2sc3c(c12)CCS(=O)(=O)C3. The number of alkyl halides is 3. The third-order valence-electron chi connectivity index (χ3n) is 4.94. The van der Waals surface area contributed by atoms with Gasteiger partial charge in [0.1, 0.15) is 10.7 Å². The lowest BCUT2D eigenvalue weighted by Crippen LogP contribution is -2.19. The van der Waals surface area contributed by atoms with Gasteiger partial charge in [-0.15, -0.1) is 11.3 Å². The Bertz CT molecular complexity index is 1240. The van der Waals surface area contributed by atoms with E-state index < -0.39 is 21.6 Å². The van der Waals surface area contributed by atoms with Crippen LogP contribution in [0.25, 0.3) is 10.2 Å². The zero-order chi connectivity index (χ0) is 20.8. The van der Waals surface area contributed by atoms with Crippen LogP contribution in [0.2, 0.25) is 0 Å². The first kappa shape index (κ1) is 20.1. The highest BCUT2D eigenvalue weighted by molar-refractivity contribution is 7.90. The maximum absolute atomic E-state index is 12.8. The summed E-state index contributed by atoms with van der Waals surface area (Å²) in [5.41, 5.74) is 0.368. The molecule has 0 spiro atoms. The van der Waals surface area contributed by atoms with Gasteiger partial charge < -0.3 is 4.98 Å². The van der Waals surface area contributed by atoms with Gasteiger partial charge in [-0.05, 0) is 36.5 Å². The van der Waals surface area contributed by atoms with Gasteiger partial charge in [-0.25, -0.2) is 13.4 Å². The van der Waals surface area contributed by atoms with Crippen molar-refractivity contribution in [2.24, 2.45) is 0 Å². The minimum absolute atomic E-state index is 0.0318. The van der Waals surface area contributed by atoms with Crippen LogP contribution in [0, 0.1) is 0 Å². The van der Waals surface area contributed by atoms with E-state index in [4.69, 9.17) is 0 Å². The van der Waals surface area contributed by atoms with Crippen molar-refractivity contribution in [3.63, 3.8) is 0 Å². The fourth-order valence-electron chi connectivity index (χ4n) is 3.55. The Balaban J connectivity index is 1.52. The molecule has 3 heterocycles. The Morgan fingerprint density at radius 3 is 2.76 bits per heavy atom. The highest BCUT2D eigenvalue weighted by Gasteiger charge is 2.30. The number of aromatic nitrogens is 2. The van der Waals surface area contributed by atoms with Gasteiger partial charge in [-0.3, -0.25) is 4.79 Å². The van der Waals surface area contributed by atoms with Gasteiger partial charge in [0, 0.05) is 11.3 Å². The molecule has 4 rings (SSSR count). The number of nitrogens with one attached hydrogen (secondary N) is 1. The maximum atomic E-state index is 12.8. The van der Waals surface area contributed by atoms with E-state index in [-0.39, 0.29) is 17.1 Å². The monoisotopic (exact) mass is 442 g/mol. The van der Waals surface area contributed by atoms with Crippen molar-refractivity contribution in [1.82, 2.24) is 9.97 Å². The van der Waals surface area contributed by atoms with Crippen molar-refractivity contribution in [1.29, 1.82) is 0 Å². The summed E-state index contributed by atoms with van der Waals surface area (Å²) < 4.78 is 62.1. The van der Waals surface area contributed by atoms with Gasteiger partial charge in [-0.1, -0.05) is 18.2 Å². The minimum atomic E-state index is -4.38. The van der Waals surface area contributed by atoms with E-state index in [1.165, 1.54) is 17.4 Å². The third kappa shape index (κ3) is 4.23. The molecule has 2 aromatic heterocycles. The fourth-order valence-corrected chi connectivity index (χ4v) is 6.59. The molecule has 1 aromatic carbocycles. The summed E-state index contributed by atoms with van der Waals surface area (Å²) in [4.78, 5) is 20.9. The molecule has 3 aromatic rings. The molecule has 1 aliphatic rings. The number of halogens is 3. The van der Waals surface area contributed by atoms with Crippen molar-refractivity contribution in [2.45, 2.75) is 37.6 Å². The molecule has 0 saturated carbocycles. The van der Waals surface area contributed by atoms with Crippen LogP contribution < -0.4 is 5.56 Å². The van der Waals surface area contributed by atoms with Crippen LogP contribution >= 0.6 is 11.3 Å². The van der Waals surface area contributed by atoms with Crippen LogP contribution in [0.5, 0.6) is 0 Å². The smallest absolute Gasteiger partial charge is 0.310 e. The summed E-state index contributed by atoms with van der Waals surface area (Å²) in [6, 6.07) is 5.19. The first-order chi connectivity index (χ1) is 13.6. The lowest BCUT2D eigenvalue weighted by molar-refractivity contribution is -0.137. The molecule has 0 amide bonds. The third-order valence-corrected chi connectivity index (χ3v) is 7.80. The molecule has 154 valence electrons. The highest BCUT2D eigenvalue weighted by atomic mass is 32.2. The average Bonchev–Trinajstić information content (AvgIpc) is 2.97. The Hall–Kier alpha value is -2.20. The number of hydrogen-bond donors (Lipinski definition) is 1. The molecule has 10 heteroatoms. The van der Waals surface area contributed by atoms with E-state index in [0.29, 0.717) is 52.2 Å². The predicted octanol–water partition coefficient (Wildman–Crippen LogP) is 3.65. The van der Waals surface area contributed by atoms with Gasteiger partial charge in [0.25, 0.3) is 5.56 Å². The highest BCUT2D eigenvalue weighted by Crippen LogP contribution is 2.33. The van der Waals surface area contributed by atoms with E-state index in [2.05, 4.69) is 9.97 Å². The van der Waals surface area contributed by atoms with Crippen molar-refractivity contribution >= 4 is 31.4 Å². The molecular weight excluding hydrogens is 425 g/mol. The lowest BCUT2D eigenvalue weighted by Gasteiger charge is -2.11. The first-order valence-corrected chi connectivity index (χ1v) is 11.7. The summed E-state index contributed by atoms with van der Waals surface area (Å²) >= 11 is 1.23. The molecule has 0 atom stereocenters. The van der Waals surface area contributed by atoms with Crippen LogP contribution in [-0.2, 0) is 41.0 Å². The zero-order valence-corrected chi connectivity index (χ0v) is 16.8. The average molecular weight is 442 g/mol. The van der Waals surface area contributed by atoms with E-state index in [9.17, 15) is 26.4 Å². The molecule has 29 heavy (non-hydrogen) atoms. The Morgan fingerprint density at radius 1 is 1.21 bits per heavy atom. The predicted molar refractivity (Wildman–Crippen MR) is 105 cm³/mol. The number of nitrogens with zero attached hydrogens (tertiary/aromatic N) is 1. The largest absolute Gasteiger partial charge is 0.416 e. The first-order valence-electron chi connectivity index (χ1n) is 9.02. The molecule has 0 saturated heterocycles. The lowest BCUT2D eigenvalue weighted by atomic mass is 10.0. The van der Waals surface area contributed by atoms with Gasteiger partial charge >= 0.3 is 6.18 Å². The topological polar surface area (TPSA) is 79.9 Å². The van der Waals surface area contributed by atoms with Crippen LogP contribution in [-0.4, -0.2) is 24.1 Å². The Kier molecular flexibility index (Phi) is 5.02. The second kappa shape index (κ2) is 7.24. The van der Waals surface area contributed by atoms with Gasteiger partial charge in [0.15, 0.2) is 9.84 Å². The van der Waals surface area contributed by atoms with Crippen LogP contribution in [0.4, 0.5) is 13.2 Å². The van der Waals surface area contributed by atoms with Crippen molar-refractivity contribution in [3.8, 4) is 0 Å². The fraction of sp³-hybridized carbons (Fsp3) is 0.368. The maximum Gasteiger partial charge on any atom is 0.416 e. The number of thiophene rings is 1. The van der Waals surface area contributed by atoms with E-state index in [1.54, 1.807) is 6.07 Å². The van der Waals surface area contributed by atoms with Gasteiger partial charge in [0.05, 0.1) is 22.5 Å². The van der Waals surface area contributed by atoms with E-state index >= 15 is 0 Å². The summed E-state index contributed by atoms with van der Waals surface area (Å²) in [5.74, 6) is 0.424. The number of sulfone groups is 1. The van der Waals surface area contributed by atoms with Crippen LogP contribution in [0.3, 0.4) is 0 Å². The van der Waals surface area contributed by atoms with Gasteiger partial charge in [0.2, 0.25) is 0 Å². The number of fused-ring (bicyclic) bond motifs is 3. The Labute approximate surface area is 168 Å². The summed E-state index contributed by atoms with van der Waals surface area (Å²) in [7, 11) is -3.14. The Morgan fingerprint density at radius 2 is 2.00 bits per heavy atom. The van der Waals surface area contributed by atoms with E-state index in [0.717, 1.165) is 17.7 Å². The summed E-state index contributed by atoms with van der Waals surface area (Å²) in [5, 5.41) is 0.460. The van der Waals surface area contributed by atoms with Gasteiger partial charge in [-0.2, -0.15) is 13.2 Å². The van der Waals surface area contributed by atoms with Crippen molar-refractivity contribution < 1.29 is 21.6 Å². The second-order valence-corrected chi connectivity index (χ2v) is 10.4. The molecule has 1 aliphatic heterocycles. The number of aromatic amines is 1. The number of H-pyrrole nitrogens is 1. The van der Waals surface area contributed by atoms with Crippen molar-refractivity contribution in [3.05, 3.63) is 62.0 Å². The summed E-state index contributed by atoms with van der Waals surface area (Å²) in [6.45, 7) is 0. The summed E-state index contributed by atoms with van der Waals surface area (Å²) in [6.07, 6.45) is -2.71. The molecule has 1 N–H and O–H groups in total. The quantitative estimate of drug-likeness (QED) is 0.669. The normalized spacial score (nSPS) is 16.1. The molecule has 0 aliphatic carbocycles. The van der Waals surface area contributed by atoms with Crippen LogP contribution in [0.1, 0.15) is 33.8 Å². The number of benzene rings is 1.